The summed E-state index contributed by atoms with van der Waals surface area (Å²) in [7, 11) is 4.37. The van der Waals surface area contributed by atoms with E-state index in [1.54, 1.807) is 0 Å². The van der Waals surface area contributed by atoms with Gasteiger partial charge in [0.25, 0.3) is 0 Å². The molecule has 0 saturated carbocycles. The van der Waals surface area contributed by atoms with E-state index in [9.17, 15) is 0 Å². The Morgan fingerprint density at radius 3 is 2.87 bits per heavy atom. The van der Waals surface area contributed by atoms with Gasteiger partial charge in [0.2, 0.25) is 0 Å². The van der Waals surface area contributed by atoms with Crippen LogP contribution in [0.15, 0.2) is 0 Å². The minimum atomic E-state index is 0.691. The third-order valence-electron chi connectivity index (χ3n) is 3.24. The maximum atomic E-state index is 8.44. The van der Waals surface area contributed by atoms with Crippen molar-refractivity contribution in [1.29, 1.82) is 5.26 Å². The summed E-state index contributed by atoms with van der Waals surface area (Å²) in [6, 6.07) is 2.19. The average Bonchev–Trinajstić information content (AvgIpc) is 2.62. The van der Waals surface area contributed by atoms with E-state index in [1.165, 1.54) is 32.5 Å². The van der Waals surface area contributed by atoms with Crippen LogP contribution in [-0.2, 0) is 0 Å². The van der Waals surface area contributed by atoms with Crippen LogP contribution in [0.1, 0.15) is 25.7 Å². The van der Waals surface area contributed by atoms with Gasteiger partial charge in [0.1, 0.15) is 0 Å². The first-order valence-corrected chi connectivity index (χ1v) is 5.96. The van der Waals surface area contributed by atoms with E-state index < -0.39 is 0 Å². The summed E-state index contributed by atoms with van der Waals surface area (Å²) in [4.78, 5) is 4.77. The average molecular weight is 209 g/mol. The van der Waals surface area contributed by atoms with E-state index in [0.29, 0.717) is 6.42 Å². The molecular weight excluding hydrogens is 186 g/mol. The summed E-state index contributed by atoms with van der Waals surface area (Å²) in [5.41, 5.74) is 0. The van der Waals surface area contributed by atoms with Crippen molar-refractivity contribution < 1.29 is 0 Å². The molecular formula is C12H23N3. The van der Waals surface area contributed by atoms with Crippen LogP contribution in [0.25, 0.3) is 0 Å². The van der Waals surface area contributed by atoms with Crippen LogP contribution >= 0.6 is 0 Å². The van der Waals surface area contributed by atoms with Gasteiger partial charge in [-0.1, -0.05) is 0 Å². The smallest absolute Gasteiger partial charge is 0.0622 e. The highest BCUT2D eigenvalue weighted by atomic mass is 15.1. The Morgan fingerprint density at radius 1 is 1.47 bits per heavy atom. The second-order valence-electron chi connectivity index (χ2n) is 4.77. The van der Waals surface area contributed by atoms with Crippen molar-refractivity contribution >= 4 is 0 Å². The second kappa shape index (κ2) is 6.81. The zero-order valence-corrected chi connectivity index (χ0v) is 10.1. The lowest BCUT2D eigenvalue weighted by Gasteiger charge is -2.18. The summed E-state index contributed by atoms with van der Waals surface area (Å²) in [5.74, 6) is 0.897. The van der Waals surface area contributed by atoms with Gasteiger partial charge in [-0.3, -0.25) is 0 Å². The van der Waals surface area contributed by atoms with Gasteiger partial charge in [-0.2, -0.15) is 5.26 Å². The number of likely N-dealkylation sites (tertiary alicyclic amines) is 1. The molecule has 0 N–H and O–H groups in total. The molecule has 0 spiro atoms. The number of hydrogen-bond acceptors (Lipinski definition) is 3. The third-order valence-corrected chi connectivity index (χ3v) is 3.24. The molecule has 1 aliphatic rings. The standard InChI is InChI=1S/C12H23N3/c1-14(8-4-3-7-13)9-5-12-6-10-15(2)11-12/h12H,3-6,8-11H2,1-2H3. The fourth-order valence-electron chi connectivity index (χ4n) is 2.20. The van der Waals surface area contributed by atoms with Crippen LogP contribution in [0.3, 0.4) is 0 Å². The molecule has 0 bridgehead atoms. The zero-order valence-electron chi connectivity index (χ0n) is 10.1. The van der Waals surface area contributed by atoms with E-state index in [1.807, 2.05) is 0 Å². The van der Waals surface area contributed by atoms with E-state index in [-0.39, 0.29) is 0 Å². The topological polar surface area (TPSA) is 30.3 Å². The van der Waals surface area contributed by atoms with E-state index in [2.05, 4.69) is 30.0 Å². The number of hydrogen-bond donors (Lipinski definition) is 0. The molecule has 1 heterocycles. The summed E-state index contributed by atoms with van der Waals surface area (Å²) >= 11 is 0. The quantitative estimate of drug-likeness (QED) is 0.622. The fraction of sp³-hybridized carbons (Fsp3) is 0.917. The van der Waals surface area contributed by atoms with Crippen molar-refractivity contribution in [2.24, 2.45) is 5.92 Å². The second-order valence-corrected chi connectivity index (χ2v) is 4.77. The molecule has 1 saturated heterocycles. The van der Waals surface area contributed by atoms with E-state index in [0.717, 1.165) is 18.9 Å². The van der Waals surface area contributed by atoms with Gasteiger partial charge in [-0.05, 0) is 58.9 Å². The van der Waals surface area contributed by atoms with Gasteiger partial charge < -0.3 is 9.80 Å². The summed E-state index contributed by atoms with van der Waals surface area (Å²) in [5, 5.41) is 8.44. The molecule has 1 unspecified atom stereocenters. The van der Waals surface area contributed by atoms with Crippen LogP contribution in [0.5, 0.6) is 0 Å². The van der Waals surface area contributed by atoms with Crippen molar-refractivity contribution in [1.82, 2.24) is 9.80 Å². The van der Waals surface area contributed by atoms with Gasteiger partial charge in [0.05, 0.1) is 6.07 Å². The Balaban J connectivity index is 2.01. The Hall–Kier alpha value is -0.590. The number of rotatable bonds is 6. The maximum Gasteiger partial charge on any atom is 0.0622 e. The molecule has 15 heavy (non-hydrogen) atoms. The largest absolute Gasteiger partial charge is 0.306 e. The van der Waals surface area contributed by atoms with Gasteiger partial charge in [-0.25, -0.2) is 0 Å². The lowest BCUT2D eigenvalue weighted by molar-refractivity contribution is 0.294. The predicted molar refractivity (Wildman–Crippen MR) is 62.6 cm³/mol. The Morgan fingerprint density at radius 2 is 2.27 bits per heavy atom. The van der Waals surface area contributed by atoms with Crippen molar-refractivity contribution in [2.45, 2.75) is 25.7 Å². The lowest BCUT2D eigenvalue weighted by Crippen LogP contribution is -2.23. The molecule has 0 aromatic heterocycles. The van der Waals surface area contributed by atoms with Crippen LogP contribution in [0.2, 0.25) is 0 Å². The molecule has 1 aliphatic heterocycles. The molecule has 1 rings (SSSR count). The lowest BCUT2D eigenvalue weighted by atomic mass is 10.0. The Kier molecular flexibility index (Phi) is 5.67. The van der Waals surface area contributed by atoms with Gasteiger partial charge >= 0.3 is 0 Å². The molecule has 0 aliphatic carbocycles. The molecule has 3 nitrogen and oxygen atoms in total. The predicted octanol–water partition coefficient (Wildman–Crippen LogP) is 1.56. The molecule has 86 valence electrons. The van der Waals surface area contributed by atoms with Crippen LogP contribution < -0.4 is 0 Å². The molecule has 1 fully saturated rings. The van der Waals surface area contributed by atoms with Crippen molar-refractivity contribution in [3.8, 4) is 6.07 Å². The Labute approximate surface area is 93.7 Å². The highest BCUT2D eigenvalue weighted by Crippen LogP contribution is 2.17. The fourth-order valence-corrected chi connectivity index (χ4v) is 2.20. The zero-order chi connectivity index (χ0) is 11.1. The minimum Gasteiger partial charge on any atom is -0.306 e. The first-order chi connectivity index (χ1) is 7.22. The number of nitrogens with zero attached hydrogens (tertiary/aromatic N) is 3. The molecule has 0 aromatic carbocycles. The van der Waals surface area contributed by atoms with Gasteiger partial charge in [0.15, 0.2) is 0 Å². The SMILES string of the molecule is CN(CCCC#N)CCC1CCN(C)C1. The van der Waals surface area contributed by atoms with Crippen molar-refractivity contribution in [3.05, 3.63) is 0 Å². The highest BCUT2D eigenvalue weighted by molar-refractivity contribution is 4.74. The first kappa shape index (κ1) is 12.5. The molecule has 3 heteroatoms. The van der Waals surface area contributed by atoms with Gasteiger partial charge in [-0.15, -0.1) is 0 Å². The van der Waals surface area contributed by atoms with Crippen LogP contribution in [0.4, 0.5) is 0 Å². The third kappa shape index (κ3) is 5.15. The first-order valence-electron chi connectivity index (χ1n) is 5.96. The minimum absolute atomic E-state index is 0.691. The van der Waals surface area contributed by atoms with E-state index in [4.69, 9.17) is 5.26 Å². The summed E-state index contributed by atoms with van der Waals surface area (Å²) in [6.45, 7) is 4.79. The van der Waals surface area contributed by atoms with Crippen molar-refractivity contribution in [3.63, 3.8) is 0 Å². The molecule has 1 atom stereocenters. The molecule has 0 aromatic rings. The van der Waals surface area contributed by atoms with Crippen LogP contribution in [0, 0.1) is 17.2 Å². The number of unbranched alkanes of at least 4 members (excludes halogenated alkanes) is 1. The number of nitriles is 1. The highest BCUT2D eigenvalue weighted by Gasteiger charge is 2.19. The molecule has 0 radical (unpaired) electrons. The van der Waals surface area contributed by atoms with E-state index >= 15 is 0 Å². The van der Waals surface area contributed by atoms with Crippen molar-refractivity contribution in [2.75, 3.05) is 40.3 Å². The van der Waals surface area contributed by atoms with Crippen LogP contribution in [-0.4, -0.2) is 50.1 Å². The summed E-state index contributed by atoms with van der Waals surface area (Å²) < 4.78 is 0. The summed E-state index contributed by atoms with van der Waals surface area (Å²) in [6.07, 6.45) is 4.38. The van der Waals surface area contributed by atoms with Gasteiger partial charge in [0, 0.05) is 13.0 Å². The monoisotopic (exact) mass is 209 g/mol. The normalized spacial score (nSPS) is 22.1. The molecule has 0 amide bonds. The Bertz CT molecular complexity index is 209. The maximum absolute atomic E-state index is 8.44.